The zero-order valence-electron chi connectivity index (χ0n) is 15.3. The van der Waals surface area contributed by atoms with Gasteiger partial charge in [0.15, 0.2) is 0 Å². The number of methoxy groups -OCH3 is 2. The van der Waals surface area contributed by atoms with E-state index in [1.54, 1.807) is 26.0 Å². The first-order valence-electron chi connectivity index (χ1n) is 8.24. The molecule has 0 fully saturated rings. The standard InChI is InChI=1S/C20H25NO3S/c1-13(2)25-19-9-7-6-8-17(19)20(22)21-14(3)16-11-10-15(23-4)12-18(16)24-5/h6-14H,1-5H3,(H,21,22). The molecule has 2 aromatic carbocycles. The number of hydrogen-bond acceptors (Lipinski definition) is 4. The molecule has 0 saturated carbocycles. The van der Waals surface area contributed by atoms with E-state index in [2.05, 4.69) is 19.2 Å². The molecule has 0 bridgehead atoms. The molecular formula is C20H25NO3S. The summed E-state index contributed by atoms with van der Waals surface area (Å²) >= 11 is 1.69. The zero-order chi connectivity index (χ0) is 18.4. The number of hydrogen-bond donors (Lipinski definition) is 1. The van der Waals surface area contributed by atoms with Gasteiger partial charge in [-0.1, -0.05) is 26.0 Å². The molecule has 1 atom stereocenters. The lowest BCUT2D eigenvalue weighted by Gasteiger charge is -2.19. The van der Waals surface area contributed by atoms with Crippen LogP contribution in [0.3, 0.4) is 0 Å². The van der Waals surface area contributed by atoms with E-state index in [1.165, 1.54) is 0 Å². The highest BCUT2D eigenvalue weighted by atomic mass is 32.2. The summed E-state index contributed by atoms with van der Waals surface area (Å²) < 4.78 is 10.7. The third kappa shape index (κ3) is 4.92. The predicted octanol–water partition coefficient (Wildman–Crippen LogP) is 4.70. The first kappa shape index (κ1) is 19.2. The highest BCUT2D eigenvalue weighted by molar-refractivity contribution is 8.00. The van der Waals surface area contributed by atoms with Crippen LogP contribution in [0.15, 0.2) is 47.4 Å². The van der Waals surface area contributed by atoms with Crippen LogP contribution in [-0.2, 0) is 0 Å². The molecule has 0 aliphatic rings. The maximum Gasteiger partial charge on any atom is 0.252 e. The lowest BCUT2D eigenvalue weighted by atomic mass is 10.1. The Bertz CT molecular complexity index is 731. The maximum atomic E-state index is 12.8. The Kier molecular flexibility index (Phi) is 6.76. The number of benzene rings is 2. The Morgan fingerprint density at radius 2 is 1.76 bits per heavy atom. The summed E-state index contributed by atoms with van der Waals surface area (Å²) in [6, 6.07) is 13.1. The number of ether oxygens (including phenoxy) is 2. The maximum absolute atomic E-state index is 12.8. The molecule has 2 aromatic rings. The van der Waals surface area contributed by atoms with E-state index in [1.807, 2.05) is 49.4 Å². The van der Waals surface area contributed by atoms with Crippen molar-refractivity contribution in [2.24, 2.45) is 0 Å². The minimum Gasteiger partial charge on any atom is -0.497 e. The van der Waals surface area contributed by atoms with E-state index in [9.17, 15) is 4.79 Å². The highest BCUT2D eigenvalue weighted by Crippen LogP contribution is 2.30. The van der Waals surface area contributed by atoms with Gasteiger partial charge < -0.3 is 14.8 Å². The summed E-state index contributed by atoms with van der Waals surface area (Å²) in [5.74, 6) is 1.32. The van der Waals surface area contributed by atoms with Gasteiger partial charge in [-0.2, -0.15) is 0 Å². The molecule has 4 nitrogen and oxygen atoms in total. The second-order valence-corrected chi connectivity index (χ2v) is 7.58. The summed E-state index contributed by atoms with van der Waals surface area (Å²) in [5.41, 5.74) is 1.60. The van der Waals surface area contributed by atoms with Gasteiger partial charge >= 0.3 is 0 Å². The van der Waals surface area contributed by atoms with E-state index in [4.69, 9.17) is 9.47 Å². The molecule has 0 spiro atoms. The molecule has 0 aliphatic carbocycles. The predicted molar refractivity (Wildman–Crippen MR) is 103 cm³/mol. The van der Waals surface area contributed by atoms with Crippen LogP contribution in [0.2, 0.25) is 0 Å². The molecule has 0 heterocycles. The van der Waals surface area contributed by atoms with E-state index in [0.29, 0.717) is 16.6 Å². The second-order valence-electron chi connectivity index (χ2n) is 5.97. The first-order chi connectivity index (χ1) is 12.0. The van der Waals surface area contributed by atoms with Crippen molar-refractivity contribution in [1.29, 1.82) is 0 Å². The largest absolute Gasteiger partial charge is 0.497 e. The van der Waals surface area contributed by atoms with Crippen LogP contribution in [0.5, 0.6) is 11.5 Å². The number of carbonyl (C=O) groups is 1. The van der Waals surface area contributed by atoms with Crippen molar-refractivity contribution < 1.29 is 14.3 Å². The fraction of sp³-hybridized carbons (Fsp3) is 0.350. The number of carbonyl (C=O) groups excluding carboxylic acids is 1. The van der Waals surface area contributed by atoms with Crippen molar-refractivity contribution in [1.82, 2.24) is 5.32 Å². The van der Waals surface area contributed by atoms with Crippen LogP contribution in [0.1, 0.15) is 42.7 Å². The van der Waals surface area contributed by atoms with E-state index in [-0.39, 0.29) is 11.9 Å². The van der Waals surface area contributed by atoms with Gasteiger partial charge in [-0.25, -0.2) is 0 Å². The van der Waals surface area contributed by atoms with Gasteiger partial charge in [0, 0.05) is 21.8 Å². The number of amides is 1. The average molecular weight is 359 g/mol. The molecule has 25 heavy (non-hydrogen) atoms. The Morgan fingerprint density at radius 3 is 2.40 bits per heavy atom. The minimum absolute atomic E-state index is 0.0888. The van der Waals surface area contributed by atoms with E-state index < -0.39 is 0 Å². The van der Waals surface area contributed by atoms with Crippen molar-refractivity contribution in [3.05, 3.63) is 53.6 Å². The number of rotatable bonds is 7. The Morgan fingerprint density at radius 1 is 1.04 bits per heavy atom. The quantitative estimate of drug-likeness (QED) is 0.728. The van der Waals surface area contributed by atoms with E-state index in [0.717, 1.165) is 16.2 Å². The lowest BCUT2D eigenvalue weighted by molar-refractivity contribution is 0.0936. The summed E-state index contributed by atoms with van der Waals surface area (Å²) in [4.78, 5) is 13.8. The SMILES string of the molecule is COc1ccc(C(C)NC(=O)c2ccccc2SC(C)C)c(OC)c1. The molecule has 1 N–H and O–H groups in total. The van der Waals surface area contributed by atoms with Crippen molar-refractivity contribution in [3.8, 4) is 11.5 Å². The van der Waals surface area contributed by atoms with Gasteiger partial charge in [0.25, 0.3) is 5.91 Å². The topological polar surface area (TPSA) is 47.6 Å². The molecule has 2 rings (SSSR count). The monoisotopic (exact) mass is 359 g/mol. The van der Waals surface area contributed by atoms with Gasteiger partial charge in [0.1, 0.15) is 11.5 Å². The normalized spacial score (nSPS) is 11.9. The van der Waals surface area contributed by atoms with Crippen molar-refractivity contribution >= 4 is 17.7 Å². The molecule has 0 aromatic heterocycles. The van der Waals surface area contributed by atoms with Crippen molar-refractivity contribution in [2.45, 2.75) is 37.0 Å². The molecule has 5 heteroatoms. The second kappa shape index (κ2) is 8.81. The minimum atomic E-state index is -0.189. The molecule has 1 unspecified atom stereocenters. The van der Waals surface area contributed by atoms with Gasteiger partial charge in [0.2, 0.25) is 0 Å². The van der Waals surface area contributed by atoms with Crippen LogP contribution >= 0.6 is 11.8 Å². The molecule has 134 valence electrons. The summed E-state index contributed by atoms with van der Waals surface area (Å²) in [5, 5.41) is 3.48. The summed E-state index contributed by atoms with van der Waals surface area (Å²) in [6.07, 6.45) is 0. The fourth-order valence-electron chi connectivity index (χ4n) is 2.54. The Labute approximate surface area is 153 Å². The van der Waals surface area contributed by atoms with Crippen molar-refractivity contribution in [3.63, 3.8) is 0 Å². The third-order valence-corrected chi connectivity index (χ3v) is 4.83. The van der Waals surface area contributed by atoms with E-state index >= 15 is 0 Å². The molecule has 0 radical (unpaired) electrons. The molecular weight excluding hydrogens is 334 g/mol. The average Bonchev–Trinajstić information content (AvgIpc) is 2.60. The van der Waals surface area contributed by atoms with Gasteiger partial charge in [0.05, 0.1) is 25.8 Å². The van der Waals surface area contributed by atoms with Gasteiger partial charge in [-0.15, -0.1) is 11.8 Å². The number of thioether (sulfide) groups is 1. The molecule has 1 amide bonds. The first-order valence-corrected chi connectivity index (χ1v) is 9.12. The fourth-order valence-corrected chi connectivity index (χ4v) is 3.49. The molecule has 0 aliphatic heterocycles. The Hall–Kier alpha value is -2.14. The van der Waals surface area contributed by atoms with Crippen LogP contribution < -0.4 is 14.8 Å². The third-order valence-electron chi connectivity index (χ3n) is 3.75. The molecule has 0 saturated heterocycles. The number of nitrogens with one attached hydrogen (secondary N) is 1. The Balaban J connectivity index is 2.21. The lowest BCUT2D eigenvalue weighted by Crippen LogP contribution is -2.27. The van der Waals surface area contributed by atoms with Crippen LogP contribution in [0.25, 0.3) is 0 Å². The van der Waals surface area contributed by atoms with Crippen molar-refractivity contribution in [2.75, 3.05) is 14.2 Å². The van der Waals surface area contributed by atoms with Gasteiger partial charge in [-0.05, 0) is 31.2 Å². The highest BCUT2D eigenvalue weighted by Gasteiger charge is 2.18. The van der Waals surface area contributed by atoms with Crippen LogP contribution in [-0.4, -0.2) is 25.4 Å². The smallest absolute Gasteiger partial charge is 0.252 e. The summed E-state index contributed by atoms with van der Waals surface area (Å²) in [6.45, 7) is 6.18. The summed E-state index contributed by atoms with van der Waals surface area (Å²) in [7, 11) is 3.23. The zero-order valence-corrected chi connectivity index (χ0v) is 16.1. The van der Waals surface area contributed by atoms with Crippen LogP contribution in [0, 0.1) is 0 Å². The van der Waals surface area contributed by atoms with Crippen LogP contribution in [0.4, 0.5) is 0 Å². The van der Waals surface area contributed by atoms with Gasteiger partial charge in [-0.3, -0.25) is 4.79 Å².